The van der Waals surface area contributed by atoms with E-state index in [0.717, 1.165) is 6.20 Å². The molecular weight excluding hydrogens is 356 g/mol. The van der Waals surface area contributed by atoms with Crippen molar-refractivity contribution in [3.05, 3.63) is 46.1 Å². The molecule has 0 aliphatic carbocycles. The van der Waals surface area contributed by atoms with Crippen LogP contribution in [0.25, 0.3) is 11.1 Å². The van der Waals surface area contributed by atoms with Gasteiger partial charge < -0.3 is 10.5 Å². The first kappa shape index (κ1) is 17.4. The number of ether oxygens (including phenoxy) is 1. The monoisotopic (exact) mass is 364 g/mol. The van der Waals surface area contributed by atoms with Crippen LogP contribution in [0.15, 0.2) is 30.5 Å². The fraction of sp³-hybridized carbons (Fsp3) is 0.143. The molecular formula is C14H9Cl2F3N2O2. The lowest BCUT2D eigenvalue weighted by atomic mass is 10.1. The Bertz CT molecular complexity index is 751. The molecule has 0 bridgehead atoms. The highest BCUT2D eigenvalue weighted by Gasteiger charge is 2.29. The van der Waals surface area contributed by atoms with Gasteiger partial charge in [-0.1, -0.05) is 29.3 Å². The van der Waals surface area contributed by atoms with Gasteiger partial charge in [-0.15, -0.1) is 0 Å². The van der Waals surface area contributed by atoms with Gasteiger partial charge in [0, 0.05) is 11.8 Å². The van der Waals surface area contributed by atoms with Crippen LogP contribution in [-0.2, 0) is 0 Å². The van der Waals surface area contributed by atoms with E-state index in [0.29, 0.717) is 5.56 Å². The summed E-state index contributed by atoms with van der Waals surface area (Å²) in [5.74, 6) is -1.08. The summed E-state index contributed by atoms with van der Waals surface area (Å²) in [6.07, 6.45) is -3.49. The van der Waals surface area contributed by atoms with Crippen LogP contribution in [0.4, 0.5) is 13.2 Å². The summed E-state index contributed by atoms with van der Waals surface area (Å²) in [6, 6.07) is 5.67. The maximum atomic E-state index is 12.3. The predicted octanol–water partition coefficient (Wildman–Crippen LogP) is 4.10. The molecule has 2 rings (SSSR count). The van der Waals surface area contributed by atoms with Crippen LogP contribution >= 0.6 is 23.2 Å². The van der Waals surface area contributed by atoms with Crippen LogP contribution < -0.4 is 10.5 Å². The summed E-state index contributed by atoms with van der Waals surface area (Å²) in [6.45, 7) is -1.52. The molecule has 0 fully saturated rings. The molecule has 0 saturated heterocycles. The third-order valence-electron chi connectivity index (χ3n) is 2.74. The van der Waals surface area contributed by atoms with Crippen LogP contribution in [0.2, 0.25) is 10.0 Å². The van der Waals surface area contributed by atoms with Gasteiger partial charge in [0.2, 0.25) is 11.8 Å². The van der Waals surface area contributed by atoms with Gasteiger partial charge in [0.1, 0.15) is 0 Å². The Labute approximate surface area is 139 Å². The summed E-state index contributed by atoms with van der Waals surface area (Å²) in [5, 5.41) is 0.461. The SMILES string of the molecule is NC(=O)c1cnc(OCC(F)(F)F)c(-c2ccc(Cl)c(Cl)c2)c1. The lowest BCUT2D eigenvalue weighted by Gasteiger charge is -2.13. The molecule has 0 unspecified atom stereocenters. The molecule has 1 amide bonds. The standard InChI is InChI=1S/C14H9Cl2F3N2O2/c15-10-2-1-7(4-11(10)16)9-3-8(12(20)22)5-21-13(9)23-6-14(17,18)19/h1-5H,6H2,(H2,20,22). The van der Waals surface area contributed by atoms with E-state index in [2.05, 4.69) is 4.98 Å². The molecule has 4 nitrogen and oxygen atoms in total. The Morgan fingerprint density at radius 1 is 1.22 bits per heavy atom. The number of hydrogen-bond acceptors (Lipinski definition) is 3. The Kier molecular flexibility index (Phi) is 5.01. The first-order valence-electron chi connectivity index (χ1n) is 6.12. The predicted molar refractivity (Wildman–Crippen MR) is 79.8 cm³/mol. The molecule has 0 atom stereocenters. The van der Waals surface area contributed by atoms with E-state index in [1.165, 1.54) is 24.3 Å². The number of amides is 1. The number of hydrogen-bond donors (Lipinski definition) is 1. The molecule has 0 aliphatic heterocycles. The minimum Gasteiger partial charge on any atom is -0.468 e. The minimum absolute atomic E-state index is 0.0189. The number of halogens is 5. The molecule has 2 N–H and O–H groups in total. The molecule has 1 aromatic carbocycles. The van der Waals surface area contributed by atoms with Crippen molar-refractivity contribution in [3.63, 3.8) is 0 Å². The van der Waals surface area contributed by atoms with Crippen molar-refractivity contribution in [2.75, 3.05) is 6.61 Å². The van der Waals surface area contributed by atoms with E-state index < -0.39 is 18.7 Å². The fourth-order valence-electron chi connectivity index (χ4n) is 1.72. The molecule has 0 spiro atoms. The Morgan fingerprint density at radius 2 is 1.91 bits per heavy atom. The highest BCUT2D eigenvalue weighted by Crippen LogP contribution is 2.34. The third-order valence-corrected chi connectivity index (χ3v) is 3.48. The Morgan fingerprint density at radius 3 is 2.48 bits per heavy atom. The second-order valence-corrected chi connectivity index (χ2v) is 5.29. The van der Waals surface area contributed by atoms with Gasteiger partial charge in [0.15, 0.2) is 6.61 Å². The third kappa shape index (κ3) is 4.49. The van der Waals surface area contributed by atoms with Crippen LogP contribution in [0.5, 0.6) is 5.88 Å². The first-order valence-corrected chi connectivity index (χ1v) is 6.88. The maximum absolute atomic E-state index is 12.3. The van der Waals surface area contributed by atoms with E-state index in [9.17, 15) is 18.0 Å². The van der Waals surface area contributed by atoms with Crippen molar-refractivity contribution in [2.24, 2.45) is 5.73 Å². The number of nitrogens with zero attached hydrogens (tertiary/aromatic N) is 1. The van der Waals surface area contributed by atoms with Crippen molar-refractivity contribution in [1.82, 2.24) is 4.98 Å². The number of benzene rings is 1. The highest BCUT2D eigenvalue weighted by molar-refractivity contribution is 6.42. The number of nitrogens with two attached hydrogens (primary N) is 1. The average molecular weight is 365 g/mol. The molecule has 9 heteroatoms. The minimum atomic E-state index is -4.53. The van der Waals surface area contributed by atoms with Gasteiger partial charge in [-0.2, -0.15) is 13.2 Å². The normalized spacial score (nSPS) is 11.3. The van der Waals surface area contributed by atoms with Crippen LogP contribution in [0.3, 0.4) is 0 Å². The fourth-order valence-corrected chi connectivity index (χ4v) is 2.02. The first-order chi connectivity index (χ1) is 10.7. The van der Waals surface area contributed by atoms with Crippen LogP contribution in [0.1, 0.15) is 10.4 Å². The number of primary amides is 1. The zero-order valence-electron chi connectivity index (χ0n) is 11.3. The molecule has 0 aliphatic rings. The quantitative estimate of drug-likeness (QED) is 0.888. The number of carbonyl (C=O) groups is 1. The second-order valence-electron chi connectivity index (χ2n) is 4.47. The Balaban J connectivity index is 2.49. The summed E-state index contributed by atoms with van der Waals surface area (Å²) < 4.78 is 41.7. The molecule has 23 heavy (non-hydrogen) atoms. The summed E-state index contributed by atoms with van der Waals surface area (Å²) in [4.78, 5) is 15.0. The van der Waals surface area contributed by atoms with Gasteiger partial charge >= 0.3 is 6.18 Å². The topological polar surface area (TPSA) is 65.2 Å². The lowest BCUT2D eigenvalue weighted by molar-refractivity contribution is -0.154. The summed E-state index contributed by atoms with van der Waals surface area (Å²) in [7, 11) is 0. The van der Waals surface area contributed by atoms with Crippen LogP contribution in [-0.4, -0.2) is 23.7 Å². The molecule has 1 aromatic heterocycles. The number of carbonyl (C=O) groups excluding carboxylic acids is 1. The van der Waals surface area contributed by atoms with E-state index in [1.807, 2.05) is 0 Å². The largest absolute Gasteiger partial charge is 0.468 e. The second kappa shape index (κ2) is 6.64. The van der Waals surface area contributed by atoms with Crippen LogP contribution in [0, 0.1) is 0 Å². The van der Waals surface area contributed by atoms with Crippen molar-refractivity contribution >= 4 is 29.1 Å². The zero-order valence-corrected chi connectivity index (χ0v) is 12.8. The molecule has 0 radical (unpaired) electrons. The Hall–Kier alpha value is -1.99. The molecule has 1 heterocycles. The number of alkyl halides is 3. The van der Waals surface area contributed by atoms with Crippen molar-refractivity contribution in [2.45, 2.75) is 6.18 Å². The smallest absolute Gasteiger partial charge is 0.422 e. The van der Waals surface area contributed by atoms with Gasteiger partial charge in [-0.05, 0) is 23.8 Å². The lowest BCUT2D eigenvalue weighted by Crippen LogP contribution is -2.20. The van der Waals surface area contributed by atoms with Gasteiger partial charge in [-0.25, -0.2) is 4.98 Å². The average Bonchev–Trinajstić information content (AvgIpc) is 2.47. The molecule has 2 aromatic rings. The van der Waals surface area contributed by atoms with E-state index in [-0.39, 0.29) is 27.1 Å². The van der Waals surface area contributed by atoms with Crippen molar-refractivity contribution < 1.29 is 22.7 Å². The van der Waals surface area contributed by atoms with Gasteiger partial charge in [0.05, 0.1) is 15.6 Å². The van der Waals surface area contributed by atoms with E-state index in [4.69, 9.17) is 33.7 Å². The number of pyridine rings is 1. The zero-order chi connectivity index (χ0) is 17.2. The van der Waals surface area contributed by atoms with Gasteiger partial charge in [-0.3, -0.25) is 4.79 Å². The number of rotatable bonds is 4. The molecule has 0 saturated carbocycles. The maximum Gasteiger partial charge on any atom is 0.422 e. The van der Waals surface area contributed by atoms with Crippen molar-refractivity contribution in [3.8, 4) is 17.0 Å². The summed E-state index contributed by atoms with van der Waals surface area (Å²) in [5.41, 5.74) is 5.70. The highest BCUT2D eigenvalue weighted by atomic mass is 35.5. The van der Waals surface area contributed by atoms with E-state index >= 15 is 0 Å². The van der Waals surface area contributed by atoms with Crippen molar-refractivity contribution in [1.29, 1.82) is 0 Å². The van der Waals surface area contributed by atoms with Gasteiger partial charge in [0.25, 0.3) is 0 Å². The molecule has 122 valence electrons. The number of aromatic nitrogens is 1. The summed E-state index contributed by atoms with van der Waals surface area (Å²) >= 11 is 11.7. The van der Waals surface area contributed by atoms with E-state index in [1.54, 1.807) is 0 Å².